The molecule has 0 aliphatic rings. The summed E-state index contributed by atoms with van der Waals surface area (Å²) in [5.41, 5.74) is 5.75. The van der Waals surface area contributed by atoms with E-state index in [1.54, 1.807) is 10.8 Å². The van der Waals surface area contributed by atoms with Crippen LogP contribution >= 0.6 is 0 Å². The van der Waals surface area contributed by atoms with Crippen molar-refractivity contribution in [1.29, 1.82) is 0 Å². The van der Waals surface area contributed by atoms with Crippen LogP contribution in [0.2, 0.25) is 0 Å². The molecule has 0 fully saturated rings. The third kappa shape index (κ3) is 4.69. The third-order valence-corrected chi connectivity index (χ3v) is 6.84. The number of aromatic amines is 1. The van der Waals surface area contributed by atoms with Crippen LogP contribution in [0.3, 0.4) is 0 Å². The molecule has 1 N–H and O–H groups in total. The highest BCUT2D eigenvalue weighted by Crippen LogP contribution is 2.32. The minimum absolute atomic E-state index is 0.0734. The van der Waals surface area contributed by atoms with Crippen LogP contribution in [0.25, 0.3) is 28.3 Å². The molecule has 5 rings (SSSR count). The summed E-state index contributed by atoms with van der Waals surface area (Å²) < 4.78 is 5.60. The summed E-state index contributed by atoms with van der Waals surface area (Å²) in [5, 5.41) is 19.1. The fraction of sp³-hybridized carbons (Fsp3) is 0.357. The second-order valence-electron chi connectivity index (χ2n) is 9.68. The summed E-state index contributed by atoms with van der Waals surface area (Å²) in [6.45, 7) is 8.82. The lowest BCUT2D eigenvalue weighted by Gasteiger charge is -2.14. The lowest BCUT2D eigenvalue weighted by atomic mass is 9.96. The molecule has 38 heavy (non-hydrogen) atoms. The van der Waals surface area contributed by atoms with Crippen molar-refractivity contribution >= 4 is 0 Å². The number of rotatable bonds is 10. The van der Waals surface area contributed by atoms with Gasteiger partial charge in [-0.3, -0.25) is 14.1 Å². The maximum absolute atomic E-state index is 14.0. The number of tetrazole rings is 1. The largest absolute Gasteiger partial charge is 0.334 e. The van der Waals surface area contributed by atoms with Gasteiger partial charge >= 0.3 is 5.69 Å². The quantitative estimate of drug-likeness (QED) is 0.293. The molecule has 0 amide bonds. The number of nitrogens with zero attached hydrogens (tertiary/aromatic N) is 8. The number of aryl methyl sites for hydroxylation is 2. The monoisotopic (exact) mass is 511 g/mol. The Morgan fingerprint density at radius 1 is 1.00 bits per heavy atom. The smallest absolute Gasteiger partial charge is 0.291 e. The first-order valence-corrected chi connectivity index (χ1v) is 13.2. The lowest BCUT2D eigenvalue weighted by molar-refractivity contribution is 0.517. The van der Waals surface area contributed by atoms with Crippen LogP contribution in [-0.2, 0) is 19.4 Å². The average Bonchev–Trinajstić information content (AvgIpc) is 3.68. The number of hydrogen-bond donors (Lipinski definition) is 1. The van der Waals surface area contributed by atoms with Crippen molar-refractivity contribution in [2.75, 3.05) is 0 Å². The zero-order chi connectivity index (χ0) is 26.6. The molecular weight excluding hydrogens is 478 g/mol. The molecule has 4 aromatic heterocycles. The van der Waals surface area contributed by atoms with E-state index in [0.29, 0.717) is 12.4 Å². The van der Waals surface area contributed by atoms with Crippen LogP contribution in [0.5, 0.6) is 0 Å². The van der Waals surface area contributed by atoms with Gasteiger partial charge in [-0.05, 0) is 66.3 Å². The van der Waals surface area contributed by atoms with Gasteiger partial charge < -0.3 is 0 Å². The van der Waals surface area contributed by atoms with Gasteiger partial charge in [0.2, 0.25) is 0 Å². The Hall–Kier alpha value is -4.34. The Kier molecular flexibility index (Phi) is 7.30. The first-order valence-electron chi connectivity index (χ1n) is 13.2. The molecule has 10 nitrogen and oxygen atoms in total. The molecule has 0 spiro atoms. The molecule has 4 heterocycles. The zero-order valence-corrected chi connectivity index (χ0v) is 22.3. The lowest BCUT2D eigenvalue weighted by Crippen LogP contribution is -2.27. The van der Waals surface area contributed by atoms with Crippen molar-refractivity contribution in [2.24, 2.45) is 0 Å². The van der Waals surface area contributed by atoms with Crippen molar-refractivity contribution in [3.8, 4) is 28.3 Å². The first-order chi connectivity index (χ1) is 18.5. The Morgan fingerprint density at radius 3 is 2.53 bits per heavy atom. The predicted octanol–water partition coefficient (Wildman–Crippen LogP) is 4.61. The molecule has 1 aromatic carbocycles. The van der Waals surface area contributed by atoms with Gasteiger partial charge in [0.05, 0.1) is 12.7 Å². The van der Waals surface area contributed by atoms with Crippen molar-refractivity contribution in [3.63, 3.8) is 0 Å². The number of unbranched alkanes of at least 4 members (excludes halogenated alkanes) is 1. The highest BCUT2D eigenvalue weighted by molar-refractivity contribution is 5.81. The van der Waals surface area contributed by atoms with Crippen LogP contribution < -0.4 is 5.69 Å². The molecule has 0 atom stereocenters. The van der Waals surface area contributed by atoms with Crippen molar-refractivity contribution < 1.29 is 0 Å². The van der Waals surface area contributed by atoms with Gasteiger partial charge in [0, 0.05) is 41.5 Å². The van der Waals surface area contributed by atoms with E-state index >= 15 is 0 Å². The van der Waals surface area contributed by atoms with Crippen molar-refractivity contribution in [2.45, 2.75) is 66.0 Å². The fourth-order valence-electron chi connectivity index (χ4n) is 4.87. The molecule has 0 bridgehead atoms. The van der Waals surface area contributed by atoms with E-state index in [0.717, 1.165) is 65.0 Å². The second-order valence-corrected chi connectivity index (χ2v) is 9.68. The molecule has 0 radical (unpaired) electrons. The number of pyridine rings is 1. The normalized spacial score (nSPS) is 11.5. The summed E-state index contributed by atoms with van der Waals surface area (Å²) in [6, 6.07) is 10.1. The van der Waals surface area contributed by atoms with Crippen LogP contribution in [0.4, 0.5) is 0 Å². The van der Waals surface area contributed by atoms with Gasteiger partial charge in [0.1, 0.15) is 5.82 Å². The number of H-pyrrole nitrogens is 1. The van der Waals surface area contributed by atoms with E-state index in [1.165, 1.54) is 0 Å². The van der Waals surface area contributed by atoms with Crippen LogP contribution in [-0.4, -0.2) is 44.5 Å². The fourth-order valence-corrected chi connectivity index (χ4v) is 4.87. The molecule has 196 valence electrons. The van der Waals surface area contributed by atoms with E-state index in [1.807, 2.05) is 58.2 Å². The van der Waals surface area contributed by atoms with E-state index in [4.69, 9.17) is 0 Å². The number of hydrogen-bond acceptors (Lipinski definition) is 6. The van der Waals surface area contributed by atoms with Crippen LogP contribution in [0.1, 0.15) is 63.4 Å². The number of nitrogens with one attached hydrogen (secondary N) is 1. The van der Waals surface area contributed by atoms with Gasteiger partial charge in [0.25, 0.3) is 0 Å². The van der Waals surface area contributed by atoms with Gasteiger partial charge in [-0.1, -0.05) is 44.5 Å². The van der Waals surface area contributed by atoms with Gasteiger partial charge in [0.15, 0.2) is 5.82 Å². The SMILES string of the molecule is CCCCc1cn(-c2c(CC)cnn2C(C)C)c(=O)n1Cc1cnccc1-c1ccccc1-c1nnn[nH]1. The summed E-state index contributed by atoms with van der Waals surface area (Å²) in [5.74, 6) is 1.43. The second kappa shape index (κ2) is 11.0. The molecule has 0 aliphatic heterocycles. The summed E-state index contributed by atoms with van der Waals surface area (Å²) in [6.07, 6.45) is 11.1. The highest BCUT2D eigenvalue weighted by Gasteiger charge is 2.21. The topological polar surface area (TPSA) is 112 Å². The predicted molar refractivity (Wildman–Crippen MR) is 146 cm³/mol. The molecular formula is C28H33N9O. The highest BCUT2D eigenvalue weighted by atomic mass is 16.1. The van der Waals surface area contributed by atoms with E-state index in [9.17, 15) is 4.79 Å². The summed E-state index contributed by atoms with van der Waals surface area (Å²) in [4.78, 5) is 18.5. The van der Waals surface area contributed by atoms with E-state index in [-0.39, 0.29) is 11.7 Å². The van der Waals surface area contributed by atoms with E-state index in [2.05, 4.69) is 58.4 Å². The summed E-state index contributed by atoms with van der Waals surface area (Å²) in [7, 11) is 0. The molecule has 10 heteroatoms. The minimum Gasteiger partial charge on any atom is -0.291 e. The van der Waals surface area contributed by atoms with Crippen molar-refractivity contribution in [1.82, 2.24) is 44.5 Å². The van der Waals surface area contributed by atoms with Gasteiger partial charge in [-0.2, -0.15) is 5.10 Å². The Bertz CT molecular complexity index is 1570. The standard InChI is InChI=1S/C28H33N9O/c1-5-7-10-22-18-36(27-20(6-2)16-30-37(27)19(3)4)28(38)35(22)17-21-15-29-14-13-23(21)24-11-8-9-12-25(24)26-31-33-34-32-26/h8-9,11-16,18-19H,5-7,10,17H2,1-4H3,(H,31,32,33,34). The number of aromatic nitrogens is 9. The molecule has 0 aliphatic carbocycles. The van der Waals surface area contributed by atoms with Gasteiger partial charge in [-0.15, -0.1) is 5.10 Å². The maximum Gasteiger partial charge on any atom is 0.334 e. The van der Waals surface area contributed by atoms with Crippen molar-refractivity contribution in [3.05, 3.63) is 82.4 Å². The molecule has 0 saturated heterocycles. The molecule has 5 aromatic rings. The molecule has 0 unspecified atom stereocenters. The van der Waals surface area contributed by atoms with Crippen LogP contribution in [0, 0.1) is 0 Å². The maximum atomic E-state index is 14.0. The Morgan fingerprint density at radius 2 is 1.82 bits per heavy atom. The number of imidazole rings is 1. The van der Waals surface area contributed by atoms with Gasteiger partial charge in [-0.25, -0.2) is 14.6 Å². The average molecular weight is 512 g/mol. The Labute approximate surface area is 221 Å². The first kappa shape index (κ1) is 25.3. The number of benzene rings is 1. The Balaban J connectivity index is 1.64. The molecule has 0 saturated carbocycles. The van der Waals surface area contributed by atoms with Crippen LogP contribution in [0.15, 0.2) is 59.9 Å². The minimum atomic E-state index is -0.0734. The third-order valence-electron chi connectivity index (χ3n) is 6.84. The zero-order valence-electron chi connectivity index (χ0n) is 22.3. The van der Waals surface area contributed by atoms with E-state index < -0.39 is 0 Å². The summed E-state index contributed by atoms with van der Waals surface area (Å²) >= 11 is 0.